The number of phosphoric acid groups is 1. The summed E-state index contributed by atoms with van der Waals surface area (Å²) in [7, 11) is 1.53. The van der Waals surface area contributed by atoms with Gasteiger partial charge in [0, 0.05) is 6.42 Å². The maximum Gasteiger partial charge on any atom is 0.472 e. The number of carbonyl (C=O) groups excluding carboxylic acids is 1. The van der Waals surface area contributed by atoms with E-state index in [1.165, 1.54) is 70.6 Å². The van der Waals surface area contributed by atoms with Gasteiger partial charge in [-0.1, -0.05) is 182 Å². The smallest absolute Gasteiger partial charge is 0.387 e. The minimum atomic E-state index is -4.36. The Labute approximate surface area is 369 Å². The molecule has 0 aliphatic rings. The zero-order valence-electron chi connectivity index (χ0n) is 39.2. The lowest BCUT2D eigenvalue weighted by atomic mass is 10.1. The molecule has 8 nitrogen and oxygen atoms in total. The summed E-state index contributed by atoms with van der Waals surface area (Å²) in [5.41, 5.74) is 0. The molecule has 9 heteroatoms. The van der Waals surface area contributed by atoms with Crippen LogP contribution in [0.2, 0.25) is 0 Å². The quantitative estimate of drug-likeness (QED) is 0.0244. The highest BCUT2D eigenvalue weighted by Crippen LogP contribution is 2.43. The highest BCUT2D eigenvalue weighted by Gasteiger charge is 2.27. The normalized spacial score (nSPS) is 15.0. The number of quaternary nitrogens is 1. The van der Waals surface area contributed by atoms with Crippen LogP contribution in [0.15, 0.2) is 85.1 Å². The molecule has 0 bridgehead atoms. The van der Waals surface area contributed by atoms with Crippen molar-refractivity contribution in [2.24, 2.45) is 0 Å². The number of aliphatic hydroxyl groups excluding tert-OH is 1. The second-order valence-corrected chi connectivity index (χ2v) is 18.5. The molecule has 3 atom stereocenters. The molecule has 0 aliphatic carbocycles. The van der Waals surface area contributed by atoms with Gasteiger partial charge in [-0.25, -0.2) is 4.57 Å². The molecule has 346 valence electrons. The van der Waals surface area contributed by atoms with Gasteiger partial charge in [-0.05, 0) is 77.0 Å². The number of likely N-dealkylation sites (N-methyl/N-ethyl adjacent to an activating group) is 1. The summed E-state index contributed by atoms with van der Waals surface area (Å²) in [5.74, 6) is -0.209. The largest absolute Gasteiger partial charge is 0.472 e. The third-order valence-electron chi connectivity index (χ3n) is 10.1. The number of amides is 1. The molecule has 0 aromatic rings. The summed E-state index contributed by atoms with van der Waals surface area (Å²) in [6.07, 6.45) is 58.0. The fraction of sp³-hybridized carbons (Fsp3) is 0.706. The summed E-state index contributed by atoms with van der Waals surface area (Å²) in [6.45, 7) is 4.65. The monoisotopic (exact) mass is 860 g/mol. The van der Waals surface area contributed by atoms with Crippen LogP contribution in [0.5, 0.6) is 0 Å². The maximum absolute atomic E-state index is 12.9. The second kappa shape index (κ2) is 42.0. The molecule has 0 heterocycles. The van der Waals surface area contributed by atoms with Crippen LogP contribution in [0.25, 0.3) is 0 Å². The summed E-state index contributed by atoms with van der Waals surface area (Å²) >= 11 is 0. The van der Waals surface area contributed by atoms with E-state index in [2.05, 4.69) is 92.1 Å². The Kier molecular flexibility index (Phi) is 40.4. The average Bonchev–Trinajstić information content (AvgIpc) is 3.20. The first-order valence-corrected chi connectivity index (χ1v) is 25.5. The summed E-state index contributed by atoms with van der Waals surface area (Å²) < 4.78 is 23.6. The fourth-order valence-electron chi connectivity index (χ4n) is 6.32. The Bertz CT molecular complexity index is 1250. The third kappa shape index (κ3) is 43.8. The molecule has 0 aromatic carbocycles. The van der Waals surface area contributed by atoms with Crippen molar-refractivity contribution in [3.63, 3.8) is 0 Å². The van der Waals surface area contributed by atoms with Gasteiger partial charge in [-0.15, -0.1) is 0 Å². The van der Waals surface area contributed by atoms with Gasteiger partial charge in [-0.3, -0.25) is 13.8 Å². The number of nitrogens with zero attached hydrogens (tertiary/aromatic N) is 1. The lowest BCUT2D eigenvalue weighted by molar-refractivity contribution is -0.870. The summed E-state index contributed by atoms with van der Waals surface area (Å²) in [4.78, 5) is 23.2. The van der Waals surface area contributed by atoms with Gasteiger partial charge in [0.2, 0.25) is 5.91 Å². The molecule has 0 fully saturated rings. The van der Waals surface area contributed by atoms with Crippen LogP contribution >= 0.6 is 7.82 Å². The van der Waals surface area contributed by atoms with E-state index in [-0.39, 0.29) is 19.1 Å². The van der Waals surface area contributed by atoms with Crippen molar-refractivity contribution in [1.29, 1.82) is 0 Å². The number of unbranched alkanes of at least 4 members (excludes halogenated alkanes) is 17. The Morgan fingerprint density at radius 3 is 1.53 bits per heavy atom. The van der Waals surface area contributed by atoms with Crippen molar-refractivity contribution in [3.05, 3.63) is 85.1 Å². The van der Waals surface area contributed by atoms with Gasteiger partial charge in [0.05, 0.1) is 39.9 Å². The number of allylic oxidation sites excluding steroid dienone is 13. The average molecular weight is 860 g/mol. The standard InChI is InChI=1S/C51H91N2O6P/c1-6-8-10-12-14-16-18-20-22-24-25-26-27-29-31-33-35-37-39-41-43-45-51(55)52-49(48-59-60(56,57)58-47-46-53(3,4)5)50(54)44-42-40-38-36-34-32-30-28-23-21-19-17-15-13-11-9-7-2/h8,10,14,16,20,22,25-26,29,31,34,36,42,44,49-50,54H,6-7,9,11-13,15,17-19,21,23-24,27-28,30,32-33,35,37-41,43,45-48H2,1-5H3,(H-,52,55,56,57)/p+1/b10-8-,16-14-,22-20-,26-25-,31-29-,36-34+,44-42+. The zero-order valence-corrected chi connectivity index (χ0v) is 40.1. The molecule has 3 N–H and O–H groups in total. The summed E-state index contributed by atoms with van der Waals surface area (Å²) in [6, 6.07) is -0.878. The molecular weight excluding hydrogens is 768 g/mol. The molecule has 0 spiro atoms. The van der Waals surface area contributed by atoms with Gasteiger partial charge >= 0.3 is 7.82 Å². The maximum atomic E-state index is 12.9. The highest BCUT2D eigenvalue weighted by atomic mass is 31.2. The number of carbonyl (C=O) groups is 1. The van der Waals surface area contributed by atoms with E-state index in [1.54, 1.807) is 6.08 Å². The van der Waals surface area contributed by atoms with Crippen molar-refractivity contribution in [3.8, 4) is 0 Å². The lowest BCUT2D eigenvalue weighted by Crippen LogP contribution is -2.45. The number of nitrogens with one attached hydrogen (secondary N) is 1. The predicted octanol–water partition coefficient (Wildman–Crippen LogP) is 13.7. The number of hydrogen-bond donors (Lipinski definition) is 3. The Morgan fingerprint density at radius 1 is 0.583 bits per heavy atom. The molecule has 0 aliphatic heterocycles. The van der Waals surface area contributed by atoms with Crippen LogP contribution in [0.1, 0.15) is 181 Å². The van der Waals surface area contributed by atoms with Crippen LogP contribution < -0.4 is 5.32 Å². The molecular formula is C51H92N2O6P+. The van der Waals surface area contributed by atoms with Crippen LogP contribution in [-0.4, -0.2) is 73.4 Å². The minimum Gasteiger partial charge on any atom is -0.387 e. The Hall–Kier alpha value is -2.32. The van der Waals surface area contributed by atoms with E-state index in [0.717, 1.165) is 89.9 Å². The predicted molar refractivity (Wildman–Crippen MR) is 258 cm³/mol. The topological polar surface area (TPSA) is 105 Å². The van der Waals surface area contributed by atoms with Crippen LogP contribution in [0.3, 0.4) is 0 Å². The van der Waals surface area contributed by atoms with Gasteiger partial charge in [0.15, 0.2) is 0 Å². The molecule has 3 unspecified atom stereocenters. The van der Waals surface area contributed by atoms with E-state index >= 15 is 0 Å². The van der Waals surface area contributed by atoms with Crippen molar-refractivity contribution in [1.82, 2.24) is 5.32 Å². The van der Waals surface area contributed by atoms with Crippen LogP contribution in [-0.2, 0) is 18.4 Å². The van der Waals surface area contributed by atoms with Crippen molar-refractivity contribution in [2.45, 2.75) is 193 Å². The van der Waals surface area contributed by atoms with Gasteiger partial charge in [-0.2, -0.15) is 0 Å². The highest BCUT2D eigenvalue weighted by molar-refractivity contribution is 7.47. The van der Waals surface area contributed by atoms with Crippen molar-refractivity contribution in [2.75, 3.05) is 40.9 Å². The first-order valence-electron chi connectivity index (χ1n) is 24.0. The molecule has 0 aromatic heterocycles. The summed E-state index contributed by atoms with van der Waals surface area (Å²) in [5, 5.41) is 13.8. The van der Waals surface area contributed by atoms with E-state index in [9.17, 15) is 19.4 Å². The van der Waals surface area contributed by atoms with Crippen molar-refractivity contribution >= 4 is 13.7 Å². The van der Waals surface area contributed by atoms with Gasteiger partial charge in [0.1, 0.15) is 13.2 Å². The third-order valence-corrected chi connectivity index (χ3v) is 11.1. The number of phosphoric ester groups is 1. The molecule has 60 heavy (non-hydrogen) atoms. The SMILES string of the molecule is CC/C=C\C/C=C\C/C=C\C/C=C\C/C=C\CCCCCCCC(=O)NC(COP(=O)(O)OCC[N+](C)(C)C)C(O)/C=C/CC/C=C/CCCCCCCCCCCCC. The fourth-order valence-corrected chi connectivity index (χ4v) is 7.05. The first kappa shape index (κ1) is 57.7. The molecule has 0 saturated heterocycles. The first-order chi connectivity index (χ1) is 29.0. The molecule has 0 saturated carbocycles. The minimum absolute atomic E-state index is 0.0475. The van der Waals surface area contributed by atoms with Crippen LogP contribution in [0, 0.1) is 0 Å². The van der Waals surface area contributed by atoms with Crippen molar-refractivity contribution < 1.29 is 32.9 Å². The lowest BCUT2D eigenvalue weighted by Gasteiger charge is -2.25. The van der Waals surface area contributed by atoms with E-state index in [4.69, 9.17) is 9.05 Å². The van der Waals surface area contributed by atoms with E-state index < -0.39 is 20.0 Å². The number of hydrogen-bond acceptors (Lipinski definition) is 5. The zero-order chi connectivity index (χ0) is 44.3. The Morgan fingerprint density at radius 2 is 1.02 bits per heavy atom. The number of aliphatic hydroxyl groups is 1. The van der Waals surface area contributed by atoms with Crippen LogP contribution in [0.4, 0.5) is 0 Å². The molecule has 0 radical (unpaired) electrons. The van der Waals surface area contributed by atoms with Gasteiger partial charge in [0.25, 0.3) is 0 Å². The molecule has 0 rings (SSSR count). The molecule has 1 amide bonds. The van der Waals surface area contributed by atoms with Gasteiger partial charge < -0.3 is 19.8 Å². The van der Waals surface area contributed by atoms with E-state index in [0.29, 0.717) is 17.4 Å². The Balaban J connectivity index is 4.48. The number of rotatable bonds is 42. The van der Waals surface area contributed by atoms with E-state index in [1.807, 2.05) is 27.2 Å². The second-order valence-electron chi connectivity index (χ2n) is 17.1.